The molecule has 2 rings (SSSR count). The lowest BCUT2D eigenvalue weighted by molar-refractivity contribution is -0.0316. The van der Waals surface area contributed by atoms with Gasteiger partial charge < -0.3 is 14.2 Å². The number of benzene rings is 1. The van der Waals surface area contributed by atoms with E-state index >= 15 is 0 Å². The van der Waals surface area contributed by atoms with E-state index in [1.165, 1.54) is 0 Å². The molecule has 4 heteroatoms. The molecule has 0 aliphatic carbocycles. The maximum Gasteiger partial charge on any atom is 0.213 e. The Bertz CT molecular complexity index is 516. The van der Waals surface area contributed by atoms with Gasteiger partial charge in [0.05, 0.1) is 12.1 Å². The minimum Gasteiger partial charge on any atom is -0.478 e. The van der Waals surface area contributed by atoms with E-state index in [9.17, 15) is 0 Å². The number of rotatable bonds is 9. The third kappa shape index (κ3) is 4.79. The van der Waals surface area contributed by atoms with Crippen LogP contribution in [-0.2, 0) is 9.47 Å². The summed E-state index contributed by atoms with van der Waals surface area (Å²) in [6, 6.07) is 12.0. The van der Waals surface area contributed by atoms with Crippen LogP contribution in [0.4, 0.5) is 0 Å². The van der Waals surface area contributed by atoms with Crippen LogP contribution in [0.25, 0.3) is 10.9 Å². The van der Waals surface area contributed by atoms with Crippen LogP contribution < -0.4 is 4.74 Å². The summed E-state index contributed by atoms with van der Waals surface area (Å²) in [6.45, 7) is 1.80. The van der Waals surface area contributed by atoms with Gasteiger partial charge in [0.1, 0.15) is 6.79 Å². The molecule has 2 aromatic rings. The lowest BCUT2D eigenvalue weighted by Gasteiger charge is -2.06. The highest BCUT2D eigenvalue weighted by Crippen LogP contribution is 2.16. The average molecular weight is 275 g/mol. The monoisotopic (exact) mass is 275 g/mol. The summed E-state index contributed by atoms with van der Waals surface area (Å²) in [5.41, 5.74) is 0.970. The van der Waals surface area contributed by atoms with Crippen LogP contribution in [0.15, 0.2) is 36.4 Å². The molecule has 0 bridgehead atoms. The van der Waals surface area contributed by atoms with Gasteiger partial charge >= 0.3 is 0 Å². The van der Waals surface area contributed by atoms with Crippen molar-refractivity contribution in [1.29, 1.82) is 0 Å². The van der Waals surface area contributed by atoms with E-state index in [-0.39, 0.29) is 0 Å². The number of ether oxygens (including phenoxy) is 3. The van der Waals surface area contributed by atoms with Crippen LogP contribution in [0.1, 0.15) is 19.3 Å². The molecule has 4 nitrogen and oxygen atoms in total. The highest BCUT2D eigenvalue weighted by molar-refractivity contribution is 5.78. The first-order chi connectivity index (χ1) is 9.90. The number of fused-ring (bicyclic) bond motifs is 1. The van der Waals surface area contributed by atoms with Gasteiger partial charge in [-0.3, -0.25) is 0 Å². The zero-order valence-electron chi connectivity index (χ0n) is 11.9. The Hall–Kier alpha value is -1.65. The largest absolute Gasteiger partial charge is 0.478 e. The molecule has 108 valence electrons. The van der Waals surface area contributed by atoms with Crippen LogP contribution in [0.5, 0.6) is 5.88 Å². The van der Waals surface area contributed by atoms with E-state index in [0.717, 1.165) is 36.8 Å². The fraction of sp³-hybridized carbons (Fsp3) is 0.438. The first-order valence-corrected chi connectivity index (χ1v) is 6.95. The SMILES string of the molecule is COCOCCCCCOc1ccc2ccccc2n1. The van der Waals surface area contributed by atoms with E-state index in [1.54, 1.807) is 7.11 Å². The molecule has 1 aromatic heterocycles. The van der Waals surface area contributed by atoms with Crippen molar-refractivity contribution in [1.82, 2.24) is 4.98 Å². The fourth-order valence-electron chi connectivity index (χ4n) is 1.93. The fourth-order valence-corrected chi connectivity index (χ4v) is 1.93. The minimum absolute atomic E-state index is 0.373. The third-order valence-electron chi connectivity index (χ3n) is 2.96. The highest BCUT2D eigenvalue weighted by atomic mass is 16.7. The summed E-state index contributed by atoms with van der Waals surface area (Å²) in [5.74, 6) is 0.694. The Kier molecular flexibility index (Phi) is 6.27. The number of hydrogen-bond acceptors (Lipinski definition) is 4. The maximum absolute atomic E-state index is 5.67. The lowest BCUT2D eigenvalue weighted by Crippen LogP contribution is -2.01. The number of nitrogens with zero attached hydrogens (tertiary/aromatic N) is 1. The molecule has 0 radical (unpaired) electrons. The standard InChI is InChI=1S/C16H21NO3/c1-18-13-19-11-5-2-6-12-20-16-10-9-14-7-3-4-8-15(14)17-16/h3-4,7-10H,2,5-6,11-13H2,1H3. The predicted octanol–water partition coefficient (Wildman–Crippen LogP) is 3.40. The second kappa shape index (κ2) is 8.51. The van der Waals surface area contributed by atoms with Gasteiger partial charge in [-0.15, -0.1) is 0 Å². The second-order valence-electron chi connectivity index (χ2n) is 4.57. The summed E-state index contributed by atoms with van der Waals surface area (Å²) in [6.07, 6.45) is 3.11. The van der Waals surface area contributed by atoms with Gasteiger partial charge in [0.15, 0.2) is 0 Å². The molecule has 0 fully saturated rings. The van der Waals surface area contributed by atoms with Gasteiger partial charge in [-0.05, 0) is 31.4 Å². The van der Waals surface area contributed by atoms with Crippen LogP contribution in [0, 0.1) is 0 Å². The molecule has 0 spiro atoms. The van der Waals surface area contributed by atoms with Gasteiger partial charge in [0, 0.05) is 25.2 Å². The Morgan fingerprint density at radius 1 is 0.950 bits per heavy atom. The van der Waals surface area contributed by atoms with Crippen molar-refractivity contribution < 1.29 is 14.2 Å². The molecule has 0 aliphatic heterocycles. The number of hydrogen-bond donors (Lipinski definition) is 0. The molecule has 0 saturated carbocycles. The Morgan fingerprint density at radius 2 is 1.80 bits per heavy atom. The lowest BCUT2D eigenvalue weighted by atomic mass is 10.2. The average Bonchev–Trinajstić information content (AvgIpc) is 2.50. The maximum atomic E-state index is 5.67. The van der Waals surface area contributed by atoms with Crippen molar-refractivity contribution in [2.24, 2.45) is 0 Å². The number of methoxy groups -OCH3 is 1. The van der Waals surface area contributed by atoms with Crippen LogP contribution in [0.2, 0.25) is 0 Å². The summed E-state index contributed by atoms with van der Waals surface area (Å²) in [7, 11) is 1.63. The summed E-state index contributed by atoms with van der Waals surface area (Å²) >= 11 is 0. The molecular formula is C16H21NO3. The van der Waals surface area contributed by atoms with Crippen molar-refractivity contribution in [3.8, 4) is 5.88 Å². The van der Waals surface area contributed by atoms with E-state index in [2.05, 4.69) is 4.98 Å². The van der Waals surface area contributed by atoms with Gasteiger partial charge in [-0.25, -0.2) is 4.98 Å². The number of pyridine rings is 1. The predicted molar refractivity (Wildman–Crippen MR) is 78.9 cm³/mol. The Morgan fingerprint density at radius 3 is 2.70 bits per heavy atom. The second-order valence-corrected chi connectivity index (χ2v) is 4.57. The quantitative estimate of drug-likeness (QED) is 0.519. The highest BCUT2D eigenvalue weighted by Gasteiger charge is 1.98. The van der Waals surface area contributed by atoms with Crippen LogP contribution in [0.3, 0.4) is 0 Å². The smallest absolute Gasteiger partial charge is 0.213 e. The molecular weight excluding hydrogens is 254 g/mol. The molecule has 1 heterocycles. The molecule has 0 saturated heterocycles. The normalized spacial score (nSPS) is 10.8. The zero-order valence-corrected chi connectivity index (χ0v) is 11.9. The first kappa shape index (κ1) is 14.8. The Balaban J connectivity index is 1.65. The molecule has 0 unspecified atom stereocenters. The molecule has 20 heavy (non-hydrogen) atoms. The van der Waals surface area contributed by atoms with Crippen molar-refractivity contribution in [3.63, 3.8) is 0 Å². The van der Waals surface area contributed by atoms with Gasteiger partial charge in [-0.2, -0.15) is 0 Å². The van der Waals surface area contributed by atoms with E-state index < -0.39 is 0 Å². The van der Waals surface area contributed by atoms with Gasteiger partial charge in [0.25, 0.3) is 0 Å². The summed E-state index contributed by atoms with van der Waals surface area (Å²) < 4.78 is 15.7. The molecule has 0 atom stereocenters. The summed E-state index contributed by atoms with van der Waals surface area (Å²) in [4.78, 5) is 4.47. The number of unbranched alkanes of at least 4 members (excludes halogenated alkanes) is 2. The van der Waals surface area contributed by atoms with Crippen LogP contribution in [-0.4, -0.2) is 32.1 Å². The van der Waals surface area contributed by atoms with Crippen molar-refractivity contribution in [3.05, 3.63) is 36.4 Å². The molecule has 1 aromatic carbocycles. The Labute approximate surface area is 119 Å². The van der Waals surface area contributed by atoms with Crippen LogP contribution >= 0.6 is 0 Å². The van der Waals surface area contributed by atoms with Crippen molar-refractivity contribution >= 4 is 10.9 Å². The van der Waals surface area contributed by atoms with E-state index in [0.29, 0.717) is 19.3 Å². The zero-order chi connectivity index (χ0) is 14.0. The molecule has 0 N–H and O–H groups in total. The summed E-state index contributed by atoms with van der Waals surface area (Å²) in [5, 5.41) is 1.13. The third-order valence-corrected chi connectivity index (χ3v) is 2.96. The van der Waals surface area contributed by atoms with Crippen molar-refractivity contribution in [2.75, 3.05) is 27.1 Å². The van der Waals surface area contributed by atoms with Crippen molar-refractivity contribution in [2.45, 2.75) is 19.3 Å². The van der Waals surface area contributed by atoms with Gasteiger partial charge in [-0.1, -0.05) is 18.2 Å². The van der Waals surface area contributed by atoms with E-state index in [1.807, 2.05) is 36.4 Å². The first-order valence-electron chi connectivity index (χ1n) is 6.95. The number of para-hydroxylation sites is 1. The minimum atomic E-state index is 0.373. The molecule has 0 amide bonds. The molecule has 0 aliphatic rings. The van der Waals surface area contributed by atoms with Gasteiger partial charge in [0.2, 0.25) is 5.88 Å². The number of aromatic nitrogens is 1. The van der Waals surface area contributed by atoms with E-state index in [4.69, 9.17) is 14.2 Å². The topological polar surface area (TPSA) is 40.6 Å².